The van der Waals surface area contributed by atoms with E-state index < -0.39 is 29.4 Å². The van der Waals surface area contributed by atoms with Gasteiger partial charge in [0.15, 0.2) is 0 Å². The molecule has 0 aromatic heterocycles. The molecule has 1 rings (SSSR count). The maximum absolute atomic E-state index is 12.6. The second kappa shape index (κ2) is 9.40. The van der Waals surface area contributed by atoms with Crippen LogP contribution in [0, 0.1) is 17.8 Å². The highest BCUT2D eigenvalue weighted by Gasteiger charge is 2.36. The van der Waals surface area contributed by atoms with Crippen molar-refractivity contribution >= 4 is 18.0 Å². The van der Waals surface area contributed by atoms with Gasteiger partial charge in [-0.15, -0.1) is 0 Å². The molecule has 0 amide bonds. The van der Waals surface area contributed by atoms with Crippen molar-refractivity contribution < 1.29 is 19.4 Å². The van der Waals surface area contributed by atoms with Gasteiger partial charge in [0.05, 0.1) is 11.8 Å². The summed E-state index contributed by atoms with van der Waals surface area (Å²) in [6.45, 7) is 9.30. The molecule has 0 radical (unpaired) electrons. The van der Waals surface area contributed by atoms with Crippen molar-refractivity contribution in [3.63, 3.8) is 0 Å². The molecule has 0 saturated heterocycles. The van der Waals surface area contributed by atoms with Gasteiger partial charge in [-0.1, -0.05) is 56.3 Å². The number of benzene rings is 1. The minimum Gasteiger partial charge on any atom is -0.481 e. The van der Waals surface area contributed by atoms with Crippen molar-refractivity contribution in [3.8, 4) is 0 Å². The van der Waals surface area contributed by atoms with Crippen LogP contribution in [0.1, 0.15) is 53.0 Å². The molecule has 0 aliphatic carbocycles. The number of ether oxygens (including phenoxy) is 1. The van der Waals surface area contributed by atoms with Crippen molar-refractivity contribution in [3.05, 3.63) is 42.0 Å². The summed E-state index contributed by atoms with van der Waals surface area (Å²) in [5.41, 5.74) is 0.375. The van der Waals surface area contributed by atoms with Gasteiger partial charge in [-0.05, 0) is 45.1 Å². The van der Waals surface area contributed by atoms with Gasteiger partial charge in [0.1, 0.15) is 5.60 Å². The molecule has 1 aromatic rings. The van der Waals surface area contributed by atoms with Gasteiger partial charge in [0.25, 0.3) is 0 Å². The summed E-state index contributed by atoms with van der Waals surface area (Å²) in [7, 11) is 0. The summed E-state index contributed by atoms with van der Waals surface area (Å²) < 4.78 is 5.48. The lowest BCUT2D eigenvalue weighted by molar-refractivity contribution is -0.167. The third-order valence-electron chi connectivity index (χ3n) is 3.74. The maximum Gasteiger partial charge on any atom is 0.310 e. The van der Waals surface area contributed by atoms with E-state index in [-0.39, 0.29) is 5.92 Å². The van der Waals surface area contributed by atoms with Crippen LogP contribution in [0.15, 0.2) is 36.4 Å². The predicted octanol–water partition coefficient (Wildman–Crippen LogP) is 4.79. The molecule has 0 heterocycles. The average molecular weight is 346 g/mol. The van der Waals surface area contributed by atoms with Gasteiger partial charge in [0, 0.05) is 0 Å². The van der Waals surface area contributed by atoms with Crippen molar-refractivity contribution in [1.82, 2.24) is 0 Å². The molecule has 4 nitrogen and oxygen atoms in total. The number of carboxylic acids is 1. The number of carboxylic acid groups (broad SMARTS) is 1. The van der Waals surface area contributed by atoms with Crippen LogP contribution in [0.2, 0.25) is 0 Å². The number of rotatable bonds is 8. The van der Waals surface area contributed by atoms with E-state index in [0.717, 1.165) is 5.56 Å². The Labute approximate surface area is 150 Å². The maximum atomic E-state index is 12.6. The van der Waals surface area contributed by atoms with Gasteiger partial charge in [-0.3, -0.25) is 9.59 Å². The van der Waals surface area contributed by atoms with Crippen LogP contribution in [0.5, 0.6) is 0 Å². The highest BCUT2D eigenvalue weighted by atomic mass is 16.6. The molecule has 2 atom stereocenters. The number of allylic oxidation sites excluding steroid dienone is 1. The number of aliphatic carboxylic acids is 1. The minimum atomic E-state index is -0.947. The highest BCUT2D eigenvalue weighted by Crippen LogP contribution is 2.27. The second-order valence-corrected chi connectivity index (χ2v) is 7.76. The summed E-state index contributed by atoms with van der Waals surface area (Å²) in [6.07, 6.45) is 4.55. The minimum absolute atomic E-state index is 0.184. The largest absolute Gasteiger partial charge is 0.481 e. The average Bonchev–Trinajstić information content (AvgIpc) is 2.48. The molecule has 0 spiro atoms. The highest BCUT2D eigenvalue weighted by molar-refractivity contribution is 5.81. The number of hydrogen-bond acceptors (Lipinski definition) is 3. The Balaban J connectivity index is 2.98. The fourth-order valence-electron chi connectivity index (χ4n) is 2.66. The van der Waals surface area contributed by atoms with E-state index in [4.69, 9.17) is 4.74 Å². The quantitative estimate of drug-likeness (QED) is 0.687. The molecule has 0 bridgehead atoms. The van der Waals surface area contributed by atoms with E-state index in [2.05, 4.69) is 0 Å². The summed E-state index contributed by atoms with van der Waals surface area (Å²) in [5, 5.41) is 9.62. The molecule has 1 N–H and O–H groups in total. The second-order valence-electron chi connectivity index (χ2n) is 7.76. The molecule has 138 valence electrons. The molecule has 4 heteroatoms. The van der Waals surface area contributed by atoms with Gasteiger partial charge in [-0.25, -0.2) is 0 Å². The fraction of sp³-hybridized carbons (Fsp3) is 0.524. The van der Waals surface area contributed by atoms with Crippen LogP contribution in [0.25, 0.3) is 6.08 Å². The van der Waals surface area contributed by atoms with Gasteiger partial charge >= 0.3 is 11.9 Å². The van der Waals surface area contributed by atoms with Crippen molar-refractivity contribution in [1.29, 1.82) is 0 Å². The van der Waals surface area contributed by atoms with E-state index in [0.29, 0.717) is 12.8 Å². The smallest absolute Gasteiger partial charge is 0.310 e. The standard InChI is InChI=1S/C21H30O4/c1-15(2)14-18(19(22)23)17(20(24)25-21(3,4)5)13-9-12-16-10-7-6-8-11-16/h6-12,15,17-18H,13-14H2,1-5H3,(H,22,23)/b12-9+/t17-,18-/m1/s1. The number of carbonyl (C=O) groups is 2. The van der Waals surface area contributed by atoms with Crippen molar-refractivity contribution in [2.75, 3.05) is 0 Å². The number of hydrogen-bond donors (Lipinski definition) is 1. The predicted molar refractivity (Wildman–Crippen MR) is 100 cm³/mol. The fourth-order valence-corrected chi connectivity index (χ4v) is 2.66. The Morgan fingerprint density at radius 1 is 1.12 bits per heavy atom. The van der Waals surface area contributed by atoms with Crippen molar-refractivity contribution in [2.45, 2.75) is 53.1 Å². The summed E-state index contributed by atoms with van der Waals surface area (Å²) in [5.74, 6) is -2.66. The van der Waals surface area contributed by atoms with E-state index in [1.54, 1.807) is 20.8 Å². The summed E-state index contributed by atoms with van der Waals surface area (Å²) in [4.78, 5) is 24.4. The molecule has 0 aliphatic rings. The molecular weight excluding hydrogens is 316 g/mol. The lowest BCUT2D eigenvalue weighted by Crippen LogP contribution is -2.36. The van der Waals surface area contributed by atoms with E-state index >= 15 is 0 Å². The van der Waals surface area contributed by atoms with Crippen LogP contribution in [0.4, 0.5) is 0 Å². The zero-order chi connectivity index (χ0) is 19.0. The number of esters is 1. The van der Waals surface area contributed by atoms with Crippen LogP contribution >= 0.6 is 0 Å². The first-order valence-corrected chi connectivity index (χ1v) is 8.77. The molecule has 0 saturated carbocycles. The summed E-state index contributed by atoms with van der Waals surface area (Å²) >= 11 is 0. The van der Waals surface area contributed by atoms with Crippen LogP contribution in [-0.2, 0) is 14.3 Å². The van der Waals surface area contributed by atoms with E-state index in [1.165, 1.54) is 0 Å². The van der Waals surface area contributed by atoms with Crippen LogP contribution in [0.3, 0.4) is 0 Å². The zero-order valence-corrected chi connectivity index (χ0v) is 15.9. The van der Waals surface area contributed by atoms with E-state index in [9.17, 15) is 14.7 Å². The Morgan fingerprint density at radius 2 is 1.72 bits per heavy atom. The Hall–Kier alpha value is -2.10. The molecule has 0 aliphatic heterocycles. The topological polar surface area (TPSA) is 63.6 Å². The van der Waals surface area contributed by atoms with Crippen molar-refractivity contribution in [2.24, 2.45) is 17.8 Å². The lowest BCUT2D eigenvalue weighted by Gasteiger charge is -2.27. The Bertz CT molecular complexity index is 582. The summed E-state index contributed by atoms with van der Waals surface area (Å²) in [6, 6.07) is 9.72. The first-order valence-electron chi connectivity index (χ1n) is 8.77. The third-order valence-corrected chi connectivity index (χ3v) is 3.74. The Morgan fingerprint density at radius 3 is 2.20 bits per heavy atom. The molecule has 25 heavy (non-hydrogen) atoms. The van der Waals surface area contributed by atoms with Gasteiger partial charge in [-0.2, -0.15) is 0 Å². The Kier molecular flexibility index (Phi) is 7.88. The van der Waals surface area contributed by atoms with E-state index in [1.807, 2.05) is 56.3 Å². The monoisotopic (exact) mass is 346 g/mol. The number of carbonyl (C=O) groups excluding carboxylic acids is 1. The molecule has 0 unspecified atom stereocenters. The molecule has 1 aromatic carbocycles. The van der Waals surface area contributed by atoms with Gasteiger partial charge < -0.3 is 9.84 Å². The normalized spacial score (nSPS) is 14.5. The first-order chi connectivity index (χ1) is 11.6. The van der Waals surface area contributed by atoms with Gasteiger partial charge in [0.2, 0.25) is 0 Å². The zero-order valence-electron chi connectivity index (χ0n) is 15.9. The third kappa shape index (κ3) is 8.01. The molecule has 0 fully saturated rings. The molecular formula is C21H30O4. The van der Waals surface area contributed by atoms with Crippen LogP contribution < -0.4 is 0 Å². The SMILES string of the molecule is CC(C)C[C@@H](C(=O)O)[C@@H](C/C=C/c1ccccc1)C(=O)OC(C)(C)C. The van der Waals surface area contributed by atoms with Crippen LogP contribution in [-0.4, -0.2) is 22.6 Å². The first kappa shape index (κ1) is 20.9. The lowest BCUT2D eigenvalue weighted by atomic mass is 9.83.